The molecule has 4 nitrogen and oxygen atoms in total. The SMILES string of the molecule is Cc1cnc2c(c1)CC1(C2)C(=O)Nc2ncccc21. The van der Waals surface area contributed by atoms with Gasteiger partial charge in [-0.2, -0.15) is 0 Å². The van der Waals surface area contributed by atoms with Crippen molar-refractivity contribution in [1.82, 2.24) is 9.97 Å². The van der Waals surface area contributed by atoms with Crippen LogP contribution in [0.4, 0.5) is 5.82 Å². The molecule has 2 aromatic heterocycles. The molecule has 0 saturated heterocycles. The van der Waals surface area contributed by atoms with Gasteiger partial charge < -0.3 is 5.32 Å². The van der Waals surface area contributed by atoms with E-state index in [1.807, 2.05) is 25.3 Å². The van der Waals surface area contributed by atoms with Crippen molar-refractivity contribution in [3.05, 3.63) is 53.0 Å². The number of amides is 1. The van der Waals surface area contributed by atoms with Gasteiger partial charge >= 0.3 is 0 Å². The van der Waals surface area contributed by atoms with Crippen molar-refractivity contribution in [3.63, 3.8) is 0 Å². The molecule has 2 aliphatic rings. The molecule has 1 N–H and O–H groups in total. The number of anilines is 1. The predicted molar refractivity (Wildman–Crippen MR) is 70.9 cm³/mol. The fourth-order valence-electron chi connectivity index (χ4n) is 3.24. The molecule has 1 unspecified atom stereocenters. The number of hydrogen-bond acceptors (Lipinski definition) is 3. The van der Waals surface area contributed by atoms with Gasteiger partial charge in [0.1, 0.15) is 5.82 Å². The van der Waals surface area contributed by atoms with E-state index in [0.717, 1.165) is 23.2 Å². The molecule has 3 heterocycles. The second-order valence-corrected chi connectivity index (χ2v) is 5.41. The Morgan fingerprint density at radius 2 is 2.21 bits per heavy atom. The molecule has 1 spiro atoms. The Labute approximate surface area is 110 Å². The first-order valence-corrected chi connectivity index (χ1v) is 6.40. The van der Waals surface area contributed by atoms with Crippen LogP contribution in [0.5, 0.6) is 0 Å². The zero-order chi connectivity index (χ0) is 13.0. The summed E-state index contributed by atoms with van der Waals surface area (Å²) in [4.78, 5) is 21.2. The van der Waals surface area contributed by atoms with Crippen LogP contribution >= 0.6 is 0 Å². The quantitative estimate of drug-likeness (QED) is 0.776. The van der Waals surface area contributed by atoms with Crippen LogP contribution in [0.15, 0.2) is 30.6 Å². The standard InChI is InChI=1S/C15H13N3O/c1-9-5-10-6-15(7-12(10)17-8-9)11-3-2-4-16-13(11)18-14(15)19/h2-5,8H,6-7H2,1H3,(H,16,18,19). The van der Waals surface area contributed by atoms with Crippen LogP contribution in [0.25, 0.3) is 0 Å². The van der Waals surface area contributed by atoms with E-state index in [4.69, 9.17) is 0 Å². The Kier molecular flexibility index (Phi) is 1.91. The van der Waals surface area contributed by atoms with Crippen LogP contribution in [0.1, 0.15) is 22.4 Å². The van der Waals surface area contributed by atoms with E-state index in [1.165, 1.54) is 5.56 Å². The number of rotatable bonds is 0. The van der Waals surface area contributed by atoms with Gasteiger partial charge in [-0.05, 0) is 30.5 Å². The third-order valence-electron chi connectivity index (χ3n) is 4.15. The molecule has 1 atom stereocenters. The number of aromatic nitrogens is 2. The molecule has 0 aromatic carbocycles. The third kappa shape index (κ3) is 1.31. The van der Waals surface area contributed by atoms with E-state index in [1.54, 1.807) is 6.20 Å². The molecule has 4 rings (SSSR count). The second-order valence-electron chi connectivity index (χ2n) is 5.41. The molecule has 4 heteroatoms. The summed E-state index contributed by atoms with van der Waals surface area (Å²) in [6, 6.07) is 6.03. The molecule has 0 fully saturated rings. The lowest BCUT2D eigenvalue weighted by Gasteiger charge is -2.19. The number of nitrogens with one attached hydrogen (secondary N) is 1. The zero-order valence-corrected chi connectivity index (χ0v) is 10.6. The van der Waals surface area contributed by atoms with Crippen molar-refractivity contribution >= 4 is 11.7 Å². The van der Waals surface area contributed by atoms with Crippen LogP contribution in [-0.2, 0) is 23.1 Å². The molecule has 0 saturated carbocycles. The highest BCUT2D eigenvalue weighted by atomic mass is 16.2. The Morgan fingerprint density at radius 3 is 3.11 bits per heavy atom. The Balaban J connectivity index is 1.88. The van der Waals surface area contributed by atoms with Crippen molar-refractivity contribution in [3.8, 4) is 0 Å². The minimum atomic E-state index is -0.493. The monoisotopic (exact) mass is 251 g/mol. The topological polar surface area (TPSA) is 54.9 Å². The number of hydrogen-bond donors (Lipinski definition) is 1. The fraction of sp³-hybridized carbons (Fsp3) is 0.267. The lowest BCUT2D eigenvalue weighted by molar-refractivity contribution is -0.120. The molecule has 94 valence electrons. The summed E-state index contributed by atoms with van der Waals surface area (Å²) >= 11 is 0. The van der Waals surface area contributed by atoms with Gasteiger partial charge in [-0.15, -0.1) is 0 Å². The average molecular weight is 251 g/mol. The summed E-state index contributed by atoms with van der Waals surface area (Å²) in [5, 5.41) is 2.90. The zero-order valence-electron chi connectivity index (χ0n) is 10.6. The van der Waals surface area contributed by atoms with Crippen molar-refractivity contribution in [1.29, 1.82) is 0 Å². The Hall–Kier alpha value is -2.23. The number of nitrogens with zero attached hydrogens (tertiary/aromatic N) is 2. The number of pyridine rings is 2. The minimum Gasteiger partial charge on any atom is -0.310 e. The van der Waals surface area contributed by atoms with Crippen LogP contribution in [0, 0.1) is 6.92 Å². The summed E-state index contributed by atoms with van der Waals surface area (Å²) in [5.41, 5.74) is 3.88. The molecule has 1 amide bonds. The molecule has 1 aliphatic carbocycles. The lowest BCUT2D eigenvalue weighted by atomic mass is 9.80. The molecule has 19 heavy (non-hydrogen) atoms. The normalized spacial score (nSPS) is 23.3. The summed E-state index contributed by atoms with van der Waals surface area (Å²) in [6.45, 7) is 2.03. The maximum atomic E-state index is 12.4. The van der Waals surface area contributed by atoms with Crippen LogP contribution in [0.3, 0.4) is 0 Å². The van der Waals surface area contributed by atoms with Gasteiger partial charge in [0.25, 0.3) is 0 Å². The molecule has 2 aromatic rings. The second kappa shape index (κ2) is 3.41. The predicted octanol–water partition coefficient (Wildman–Crippen LogP) is 1.77. The Bertz CT molecular complexity index is 710. The smallest absolute Gasteiger partial charge is 0.237 e. The highest BCUT2D eigenvalue weighted by Gasteiger charge is 2.51. The van der Waals surface area contributed by atoms with E-state index in [-0.39, 0.29) is 5.91 Å². The van der Waals surface area contributed by atoms with E-state index >= 15 is 0 Å². The van der Waals surface area contributed by atoms with E-state index in [0.29, 0.717) is 12.2 Å². The molecular weight excluding hydrogens is 238 g/mol. The van der Waals surface area contributed by atoms with Crippen LogP contribution in [0.2, 0.25) is 0 Å². The Morgan fingerprint density at radius 1 is 1.32 bits per heavy atom. The van der Waals surface area contributed by atoms with Crippen molar-refractivity contribution in [2.75, 3.05) is 5.32 Å². The van der Waals surface area contributed by atoms with Crippen molar-refractivity contribution < 1.29 is 4.79 Å². The summed E-state index contributed by atoms with van der Waals surface area (Å²) in [6.07, 6.45) is 4.98. The average Bonchev–Trinajstić information content (AvgIpc) is 2.90. The number of aryl methyl sites for hydroxylation is 1. The number of carbonyl (C=O) groups excluding carboxylic acids is 1. The lowest BCUT2D eigenvalue weighted by Crippen LogP contribution is -2.35. The van der Waals surface area contributed by atoms with Crippen molar-refractivity contribution in [2.45, 2.75) is 25.2 Å². The maximum absolute atomic E-state index is 12.4. The summed E-state index contributed by atoms with van der Waals surface area (Å²) in [7, 11) is 0. The van der Waals surface area contributed by atoms with Gasteiger partial charge in [-0.1, -0.05) is 12.1 Å². The van der Waals surface area contributed by atoms with Gasteiger partial charge in [-0.25, -0.2) is 4.98 Å². The molecule has 1 aliphatic heterocycles. The van der Waals surface area contributed by atoms with Gasteiger partial charge in [0.15, 0.2) is 0 Å². The first-order chi connectivity index (χ1) is 9.19. The van der Waals surface area contributed by atoms with E-state index < -0.39 is 5.41 Å². The summed E-state index contributed by atoms with van der Waals surface area (Å²) < 4.78 is 0. The van der Waals surface area contributed by atoms with Crippen LogP contribution in [-0.4, -0.2) is 15.9 Å². The van der Waals surface area contributed by atoms with Gasteiger partial charge in [0, 0.05) is 30.1 Å². The molecular formula is C15H13N3O. The minimum absolute atomic E-state index is 0.0526. The maximum Gasteiger partial charge on any atom is 0.237 e. The number of carbonyl (C=O) groups is 1. The number of fused-ring (bicyclic) bond motifs is 3. The summed E-state index contributed by atoms with van der Waals surface area (Å²) in [5.74, 6) is 0.758. The molecule has 0 bridgehead atoms. The van der Waals surface area contributed by atoms with E-state index in [2.05, 4.69) is 21.4 Å². The highest BCUT2D eigenvalue weighted by molar-refractivity contribution is 6.06. The first kappa shape index (κ1) is 10.7. The van der Waals surface area contributed by atoms with Crippen LogP contribution < -0.4 is 5.32 Å². The van der Waals surface area contributed by atoms with Gasteiger partial charge in [-0.3, -0.25) is 9.78 Å². The van der Waals surface area contributed by atoms with Gasteiger partial charge in [0.2, 0.25) is 5.91 Å². The third-order valence-corrected chi connectivity index (χ3v) is 4.15. The first-order valence-electron chi connectivity index (χ1n) is 6.40. The van der Waals surface area contributed by atoms with E-state index in [9.17, 15) is 4.79 Å². The highest BCUT2D eigenvalue weighted by Crippen LogP contribution is 2.45. The fourth-order valence-corrected chi connectivity index (χ4v) is 3.24. The largest absolute Gasteiger partial charge is 0.310 e. The van der Waals surface area contributed by atoms with Gasteiger partial charge in [0.05, 0.1) is 5.41 Å². The van der Waals surface area contributed by atoms with Crippen molar-refractivity contribution in [2.24, 2.45) is 0 Å². The molecule has 0 radical (unpaired) electrons.